The van der Waals surface area contributed by atoms with E-state index in [0.717, 1.165) is 5.56 Å². The number of methoxy groups -OCH3 is 4. The molecule has 0 aliphatic carbocycles. The van der Waals surface area contributed by atoms with Crippen molar-refractivity contribution in [1.82, 2.24) is 4.90 Å². The highest BCUT2D eigenvalue weighted by Crippen LogP contribution is 2.28. The van der Waals surface area contributed by atoms with Gasteiger partial charge in [-0.3, -0.25) is 4.79 Å². The van der Waals surface area contributed by atoms with Crippen molar-refractivity contribution in [3.63, 3.8) is 0 Å². The molecule has 0 saturated carbocycles. The molecular weight excluding hydrogens is 322 g/mol. The highest BCUT2D eigenvalue weighted by Gasteiger charge is 2.15. The summed E-state index contributed by atoms with van der Waals surface area (Å²) < 4.78 is 21.0. The summed E-state index contributed by atoms with van der Waals surface area (Å²) in [4.78, 5) is 14.3. The minimum Gasteiger partial charge on any atom is -0.497 e. The number of hydrogen-bond donors (Lipinski definition) is 0. The van der Waals surface area contributed by atoms with Gasteiger partial charge >= 0.3 is 0 Å². The molecular formula is C19H23NO5. The van der Waals surface area contributed by atoms with E-state index >= 15 is 0 Å². The maximum absolute atomic E-state index is 12.7. The van der Waals surface area contributed by atoms with E-state index < -0.39 is 0 Å². The lowest BCUT2D eigenvalue weighted by Crippen LogP contribution is -2.26. The standard InChI is InChI=1S/C19H23NO5/c1-20(12-13-6-7-17(24-4)18(8-13)25-5)19(21)14-9-15(22-2)11-16(10-14)23-3/h6-11H,12H2,1-5H3. The van der Waals surface area contributed by atoms with E-state index in [0.29, 0.717) is 35.1 Å². The summed E-state index contributed by atoms with van der Waals surface area (Å²) in [5.41, 5.74) is 1.43. The first-order valence-electron chi connectivity index (χ1n) is 7.71. The van der Waals surface area contributed by atoms with Crippen LogP contribution in [0.3, 0.4) is 0 Å². The summed E-state index contributed by atoms with van der Waals surface area (Å²) >= 11 is 0. The number of hydrogen-bond acceptors (Lipinski definition) is 5. The maximum Gasteiger partial charge on any atom is 0.254 e. The molecule has 0 spiro atoms. The molecule has 1 amide bonds. The number of ether oxygens (including phenoxy) is 4. The van der Waals surface area contributed by atoms with E-state index in [4.69, 9.17) is 18.9 Å². The molecule has 0 N–H and O–H groups in total. The Morgan fingerprint density at radius 2 is 1.44 bits per heavy atom. The lowest BCUT2D eigenvalue weighted by Gasteiger charge is -2.19. The van der Waals surface area contributed by atoms with Crippen molar-refractivity contribution in [1.29, 1.82) is 0 Å². The molecule has 0 heterocycles. The number of nitrogens with zero attached hydrogens (tertiary/aromatic N) is 1. The molecule has 25 heavy (non-hydrogen) atoms. The molecule has 0 atom stereocenters. The minimum absolute atomic E-state index is 0.132. The first-order chi connectivity index (χ1) is 12.0. The first-order valence-corrected chi connectivity index (χ1v) is 7.71. The lowest BCUT2D eigenvalue weighted by atomic mass is 10.1. The second-order valence-electron chi connectivity index (χ2n) is 5.45. The Morgan fingerprint density at radius 3 is 1.96 bits per heavy atom. The minimum atomic E-state index is -0.132. The van der Waals surface area contributed by atoms with E-state index in [1.807, 2.05) is 18.2 Å². The molecule has 0 aromatic heterocycles. The van der Waals surface area contributed by atoms with E-state index in [2.05, 4.69) is 0 Å². The van der Waals surface area contributed by atoms with Gasteiger partial charge in [0.15, 0.2) is 11.5 Å². The number of rotatable bonds is 7. The Hall–Kier alpha value is -2.89. The molecule has 6 nitrogen and oxygen atoms in total. The molecule has 0 unspecified atom stereocenters. The highest BCUT2D eigenvalue weighted by atomic mass is 16.5. The van der Waals surface area contributed by atoms with Gasteiger partial charge in [0, 0.05) is 25.2 Å². The number of benzene rings is 2. The molecule has 0 fully saturated rings. The molecule has 2 aromatic rings. The van der Waals surface area contributed by atoms with Crippen molar-refractivity contribution < 1.29 is 23.7 Å². The van der Waals surface area contributed by atoms with Crippen molar-refractivity contribution >= 4 is 5.91 Å². The summed E-state index contributed by atoms with van der Waals surface area (Å²) in [6, 6.07) is 10.7. The van der Waals surface area contributed by atoms with Crippen LogP contribution in [0, 0.1) is 0 Å². The molecule has 2 aromatic carbocycles. The van der Waals surface area contributed by atoms with Gasteiger partial charge in [0.25, 0.3) is 5.91 Å². The number of amides is 1. The van der Waals surface area contributed by atoms with Crippen molar-refractivity contribution in [2.24, 2.45) is 0 Å². The van der Waals surface area contributed by atoms with E-state index in [-0.39, 0.29) is 5.91 Å². The van der Waals surface area contributed by atoms with Crippen molar-refractivity contribution in [2.75, 3.05) is 35.5 Å². The average Bonchev–Trinajstić information content (AvgIpc) is 2.66. The van der Waals surface area contributed by atoms with Gasteiger partial charge < -0.3 is 23.8 Å². The van der Waals surface area contributed by atoms with Crippen molar-refractivity contribution in [3.8, 4) is 23.0 Å². The molecule has 0 aliphatic rings. The van der Waals surface area contributed by atoms with Gasteiger partial charge in [-0.2, -0.15) is 0 Å². The second kappa shape index (κ2) is 8.28. The zero-order chi connectivity index (χ0) is 18.4. The summed E-state index contributed by atoms with van der Waals surface area (Å²) in [6.45, 7) is 0.429. The SMILES string of the molecule is COc1cc(OC)cc(C(=O)N(C)Cc2ccc(OC)c(OC)c2)c1. The normalized spacial score (nSPS) is 10.1. The van der Waals surface area contributed by atoms with Crippen LogP contribution in [-0.2, 0) is 6.54 Å². The van der Waals surface area contributed by atoms with E-state index in [1.54, 1.807) is 58.6 Å². The molecule has 0 bridgehead atoms. The Morgan fingerprint density at radius 1 is 0.840 bits per heavy atom. The van der Waals surface area contributed by atoms with Crippen LogP contribution in [-0.4, -0.2) is 46.3 Å². The van der Waals surface area contributed by atoms with Gasteiger partial charge in [-0.15, -0.1) is 0 Å². The quantitative estimate of drug-likeness (QED) is 0.772. The van der Waals surface area contributed by atoms with Crippen LogP contribution in [0.2, 0.25) is 0 Å². The van der Waals surface area contributed by atoms with Gasteiger partial charge in [0.05, 0.1) is 28.4 Å². The largest absolute Gasteiger partial charge is 0.497 e. The Kier molecular flexibility index (Phi) is 6.11. The monoisotopic (exact) mass is 345 g/mol. The van der Waals surface area contributed by atoms with Crippen LogP contribution in [0.5, 0.6) is 23.0 Å². The maximum atomic E-state index is 12.7. The van der Waals surface area contributed by atoms with Crippen LogP contribution in [0.4, 0.5) is 0 Å². The van der Waals surface area contributed by atoms with Gasteiger partial charge in [0.2, 0.25) is 0 Å². The topological polar surface area (TPSA) is 57.2 Å². The van der Waals surface area contributed by atoms with Crippen LogP contribution >= 0.6 is 0 Å². The van der Waals surface area contributed by atoms with Gasteiger partial charge in [-0.25, -0.2) is 0 Å². The Balaban J connectivity index is 2.20. The summed E-state index contributed by atoms with van der Waals surface area (Å²) in [7, 11) is 8.01. The summed E-state index contributed by atoms with van der Waals surface area (Å²) in [5, 5.41) is 0. The molecule has 6 heteroatoms. The summed E-state index contributed by atoms with van der Waals surface area (Å²) in [5.74, 6) is 2.29. The highest BCUT2D eigenvalue weighted by molar-refractivity contribution is 5.95. The fourth-order valence-electron chi connectivity index (χ4n) is 2.48. The molecule has 2 rings (SSSR count). The Bertz CT molecular complexity index is 722. The third-order valence-corrected chi connectivity index (χ3v) is 3.81. The average molecular weight is 345 g/mol. The van der Waals surface area contributed by atoms with Crippen LogP contribution in [0.25, 0.3) is 0 Å². The van der Waals surface area contributed by atoms with Crippen LogP contribution in [0.1, 0.15) is 15.9 Å². The molecule has 0 radical (unpaired) electrons. The van der Waals surface area contributed by atoms with E-state index in [1.165, 1.54) is 0 Å². The van der Waals surface area contributed by atoms with Gasteiger partial charge in [-0.1, -0.05) is 6.07 Å². The smallest absolute Gasteiger partial charge is 0.254 e. The fourth-order valence-corrected chi connectivity index (χ4v) is 2.48. The zero-order valence-electron chi connectivity index (χ0n) is 15.2. The first kappa shape index (κ1) is 18.4. The zero-order valence-corrected chi connectivity index (χ0v) is 15.2. The molecule has 0 saturated heterocycles. The summed E-state index contributed by atoms with van der Waals surface area (Å²) in [6.07, 6.45) is 0. The van der Waals surface area contributed by atoms with Crippen molar-refractivity contribution in [2.45, 2.75) is 6.54 Å². The number of carbonyl (C=O) groups excluding carboxylic acids is 1. The predicted molar refractivity (Wildman–Crippen MR) is 94.9 cm³/mol. The molecule has 0 aliphatic heterocycles. The Labute approximate surface area is 147 Å². The van der Waals surface area contributed by atoms with Crippen LogP contribution < -0.4 is 18.9 Å². The third-order valence-electron chi connectivity index (χ3n) is 3.81. The van der Waals surface area contributed by atoms with Crippen LogP contribution in [0.15, 0.2) is 36.4 Å². The van der Waals surface area contributed by atoms with Gasteiger partial charge in [0.1, 0.15) is 11.5 Å². The second-order valence-corrected chi connectivity index (χ2v) is 5.45. The third kappa shape index (κ3) is 4.35. The lowest BCUT2D eigenvalue weighted by molar-refractivity contribution is 0.0784. The molecule has 134 valence electrons. The van der Waals surface area contributed by atoms with Crippen molar-refractivity contribution in [3.05, 3.63) is 47.5 Å². The predicted octanol–water partition coefficient (Wildman–Crippen LogP) is 2.99. The fraction of sp³-hybridized carbons (Fsp3) is 0.316. The van der Waals surface area contributed by atoms with E-state index in [9.17, 15) is 4.79 Å². The number of carbonyl (C=O) groups is 1. The van der Waals surface area contributed by atoms with Gasteiger partial charge in [-0.05, 0) is 29.8 Å².